The minimum atomic E-state index is -0.824. The molecular formula is C37H49N7O3. The molecule has 47 heavy (non-hydrogen) atoms. The fourth-order valence-corrected chi connectivity index (χ4v) is 6.36. The van der Waals surface area contributed by atoms with Gasteiger partial charge >= 0.3 is 5.97 Å². The van der Waals surface area contributed by atoms with Gasteiger partial charge in [-0.1, -0.05) is 32.0 Å². The number of aliphatic hydroxyl groups is 1. The molecule has 3 aromatic heterocycles. The number of aromatic nitrogens is 5. The van der Waals surface area contributed by atoms with Gasteiger partial charge in [0.15, 0.2) is 0 Å². The maximum Gasteiger partial charge on any atom is 0.307 e. The molecule has 0 bridgehead atoms. The van der Waals surface area contributed by atoms with E-state index in [0.29, 0.717) is 5.41 Å². The van der Waals surface area contributed by atoms with E-state index < -0.39 is 11.6 Å². The summed E-state index contributed by atoms with van der Waals surface area (Å²) in [5.41, 5.74) is 9.14. The number of hydrogen-bond donors (Lipinski definition) is 2. The molecule has 1 saturated heterocycles. The average molecular weight is 640 g/mol. The number of carboxylic acids is 1. The number of carbonyl (C=O) groups is 1. The van der Waals surface area contributed by atoms with E-state index in [1.165, 1.54) is 11.1 Å². The van der Waals surface area contributed by atoms with Crippen LogP contribution in [-0.4, -0.2) is 65.9 Å². The Morgan fingerprint density at radius 1 is 0.915 bits per heavy atom. The van der Waals surface area contributed by atoms with Crippen LogP contribution in [0.2, 0.25) is 0 Å². The van der Waals surface area contributed by atoms with E-state index in [0.717, 1.165) is 96.5 Å². The summed E-state index contributed by atoms with van der Waals surface area (Å²) in [6.07, 6.45) is 8.36. The first-order valence-corrected chi connectivity index (χ1v) is 16.5. The molecule has 0 atom stereocenters. The van der Waals surface area contributed by atoms with E-state index in [2.05, 4.69) is 63.7 Å². The summed E-state index contributed by atoms with van der Waals surface area (Å²) in [7, 11) is 0. The van der Waals surface area contributed by atoms with Gasteiger partial charge in [0.25, 0.3) is 0 Å². The van der Waals surface area contributed by atoms with Crippen LogP contribution in [0.25, 0.3) is 16.9 Å². The Hall–Kier alpha value is -4.31. The third kappa shape index (κ3) is 8.35. The van der Waals surface area contributed by atoms with Gasteiger partial charge in [-0.3, -0.25) is 14.3 Å². The number of piperidine rings is 1. The van der Waals surface area contributed by atoms with Crippen molar-refractivity contribution in [1.82, 2.24) is 24.5 Å². The van der Waals surface area contributed by atoms with Gasteiger partial charge < -0.3 is 20.0 Å². The fourth-order valence-electron chi connectivity index (χ4n) is 6.36. The molecule has 2 N–H and O–H groups in total. The van der Waals surface area contributed by atoms with Crippen LogP contribution in [0.1, 0.15) is 81.2 Å². The summed E-state index contributed by atoms with van der Waals surface area (Å²) in [6, 6.07) is 8.71. The Kier molecular flexibility index (Phi) is 9.73. The number of hydrogen-bond acceptors (Lipinski definition) is 8. The van der Waals surface area contributed by atoms with Crippen molar-refractivity contribution >= 4 is 17.5 Å². The SMILES string of the molecule is CC(C)(C)O.Cc1cn(-c2cc(N3CCc4cc(-c5c(C)nc(C)c(CC(=O)O)c5N5CCC(C)(C)CC5)ccc4C3)ncn2)cn1. The van der Waals surface area contributed by atoms with Crippen molar-refractivity contribution in [3.05, 3.63) is 76.9 Å². The number of rotatable bonds is 6. The van der Waals surface area contributed by atoms with Gasteiger partial charge in [-0.15, -0.1) is 0 Å². The standard InChI is InChI=1S/C33H39N7O2.C4H10O/c1-21-17-40(20-36-21)29-16-28(34-19-35-29)39-11-8-24-14-25(6-7-26(24)18-39)31-23(3)37-22(2)27(15-30(41)42)32(31)38-12-9-33(4,5)10-13-38;1-4(2,3)5/h6-7,14,16-17,19-20H,8-13,15,18H2,1-5H3,(H,41,42);5H,1-3H3. The molecule has 0 radical (unpaired) electrons. The summed E-state index contributed by atoms with van der Waals surface area (Å²) >= 11 is 0. The molecule has 250 valence electrons. The van der Waals surface area contributed by atoms with Crippen molar-refractivity contribution in [3.63, 3.8) is 0 Å². The molecule has 6 rings (SSSR count). The van der Waals surface area contributed by atoms with Crippen LogP contribution in [0, 0.1) is 26.2 Å². The number of pyridine rings is 1. The normalized spacial score (nSPS) is 15.9. The topological polar surface area (TPSA) is 120 Å². The lowest BCUT2D eigenvalue weighted by Gasteiger charge is -2.40. The first-order chi connectivity index (χ1) is 22.1. The van der Waals surface area contributed by atoms with Crippen molar-refractivity contribution < 1.29 is 15.0 Å². The maximum absolute atomic E-state index is 12.0. The second kappa shape index (κ2) is 13.4. The molecule has 1 fully saturated rings. The van der Waals surface area contributed by atoms with E-state index in [1.807, 2.05) is 30.7 Å². The minimum absolute atomic E-state index is 0.0270. The van der Waals surface area contributed by atoms with Crippen LogP contribution in [0.4, 0.5) is 11.5 Å². The van der Waals surface area contributed by atoms with Crippen molar-refractivity contribution in [2.45, 2.75) is 93.2 Å². The number of aliphatic carboxylic acids is 1. The summed E-state index contributed by atoms with van der Waals surface area (Å²) in [5, 5.41) is 18.3. The lowest BCUT2D eigenvalue weighted by atomic mass is 9.82. The monoisotopic (exact) mass is 639 g/mol. The average Bonchev–Trinajstić information content (AvgIpc) is 3.43. The smallest absolute Gasteiger partial charge is 0.307 e. The molecular weight excluding hydrogens is 590 g/mol. The lowest BCUT2D eigenvalue weighted by molar-refractivity contribution is -0.136. The van der Waals surface area contributed by atoms with E-state index in [1.54, 1.807) is 33.4 Å². The second-order valence-electron chi connectivity index (χ2n) is 14.7. The van der Waals surface area contributed by atoms with Crippen LogP contribution >= 0.6 is 0 Å². The van der Waals surface area contributed by atoms with Crippen LogP contribution in [0.3, 0.4) is 0 Å². The molecule has 1 aromatic carbocycles. The molecule has 0 saturated carbocycles. The molecule has 0 unspecified atom stereocenters. The fraction of sp³-hybridized carbons (Fsp3) is 0.486. The molecule has 0 aliphatic carbocycles. The van der Waals surface area contributed by atoms with Crippen molar-refractivity contribution in [3.8, 4) is 16.9 Å². The molecule has 0 spiro atoms. The largest absolute Gasteiger partial charge is 0.481 e. The van der Waals surface area contributed by atoms with Gasteiger partial charge in [0, 0.05) is 61.0 Å². The van der Waals surface area contributed by atoms with E-state index in [9.17, 15) is 9.90 Å². The number of benzene rings is 1. The zero-order valence-electron chi connectivity index (χ0n) is 29.1. The summed E-state index contributed by atoms with van der Waals surface area (Å²) < 4.78 is 1.92. The minimum Gasteiger partial charge on any atom is -0.481 e. The highest BCUT2D eigenvalue weighted by molar-refractivity contribution is 5.86. The molecule has 10 heteroatoms. The zero-order valence-corrected chi connectivity index (χ0v) is 29.1. The van der Waals surface area contributed by atoms with Gasteiger partial charge in [-0.25, -0.2) is 15.0 Å². The third-order valence-corrected chi connectivity index (χ3v) is 8.86. The second-order valence-corrected chi connectivity index (χ2v) is 14.7. The van der Waals surface area contributed by atoms with Crippen LogP contribution in [0.5, 0.6) is 0 Å². The van der Waals surface area contributed by atoms with E-state index in [-0.39, 0.29) is 6.42 Å². The highest BCUT2D eigenvalue weighted by Gasteiger charge is 2.30. The predicted molar refractivity (Wildman–Crippen MR) is 186 cm³/mol. The highest BCUT2D eigenvalue weighted by Crippen LogP contribution is 2.42. The van der Waals surface area contributed by atoms with Crippen LogP contribution in [0.15, 0.2) is 43.1 Å². The van der Waals surface area contributed by atoms with Gasteiger partial charge in [0.2, 0.25) is 0 Å². The Bertz CT molecular complexity index is 1740. The Morgan fingerprint density at radius 3 is 2.23 bits per heavy atom. The van der Waals surface area contributed by atoms with E-state index in [4.69, 9.17) is 10.1 Å². The molecule has 0 amide bonds. The van der Waals surface area contributed by atoms with Gasteiger partial charge in [-0.05, 0) is 82.9 Å². The quantitative estimate of drug-likeness (QED) is 0.252. The van der Waals surface area contributed by atoms with Gasteiger partial charge in [-0.2, -0.15) is 0 Å². The molecule has 10 nitrogen and oxygen atoms in total. The van der Waals surface area contributed by atoms with Crippen molar-refractivity contribution in [1.29, 1.82) is 0 Å². The Balaban J connectivity index is 0.000000807. The van der Waals surface area contributed by atoms with Crippen LogP contribution in [-0.2, 0) is 24.2 Å². The number of imidazole rings is 1. The number of fused-ring (bicyclic) bond motifs is 1. The summed E-state index contributed by atoms with van der Waals surface area (Å²) in [4.78, 5) is 34.9. The number of anilines is 2. The number of nitrogens with zero attached hydrogens (tertiary/aromatic N) is 7. The zero-order chi connectivity index (χ0) is 34.1. The third-order valence-electron chi connectivity index (χ3n) is 8.86. The number of aryl methyl sites for hydroxylation is 3. The van der Waals surface area contributed by atoms with Gasteiger partial charge in [0.05, 0.1) is 23.4 Å². The molecule has 2 aliphatic heterocycles. The first-order valence-electron chi connectivity index (χ1n) is 16.5. The molecule has 2 aliphatic rings. The Labute approximate surface area is 278 Å². The van der Waals surface area contributed by atoms with Crippen LogP contribution < -0.4 is 9.80 Å². The highest BCUT2D eigenvalue weighted by atomic mass is 16.4. The molecule has 4 aromatic rings. The maximum atomic E-state index is 12.0. The van der Waals surface area contributed by atoms with Gasteiger partial charge in [0.1, 0.15) is 24.3 Å². The van der Waals surface area contributed by atoms with Crippen molar-refractivity contribution in [2.24, 2.45) is 5.41 Å². The predicted octanol–water partition coefficient (Wildman–Crippen LogP) is 6.24. The van der Waals surface area contributed by atoms with Crippen molar-refractivity contribution in [2.75, 3.05) is 29.4 Å². The Morgan fingerprint density at radius 2 is 1.60 bits per heavy atom. The summed E-state index contributed by atoms with van der Waals surface area (Å²) in [6.45, 7) is 19.3. The lowest BCUT2D eigenvalue weighted by Crippen LogP contribution is -2.38. The molecule has 5 heterocycles. The van der Waals surface area contributed by atoms with E-state index >= 15 is 0 Å². The summed E-state index contributed by atoms with van der Waals surface area (Å²) in [5.74, 6) is 0.873. The first kappa shape index (κ1) is 34.0. The number of carboxylic acid groups (broad SMARTS) is 1.